The first-order chi connectivity index (χ1) is 28.9. The summed E-state index contributed by atoms with van der Waals surface area (Å²) in [4.78, 5) is 66.6. The highest BCUT2D eigenvalue weighted by molar-refractivity contribution is 7.89. The van der Waals surface area contributed by atoms with Gasteiger partial charge in [-0.15, -0.1) is 0 Å². The van der Waals surface area contributed by atoms with Crippen LogP contribution in [-0.2, 0) is 30.3 Å². The number of aryl methyl sites for hydroxylation is 2. The van der Waals surface area contributed by atoms with Crippen LogP contribution in [0, 0.1) is 13.8 Å². The third kappa shape index (κ3) is 17.5. The first kappa shape index (κ1) is 52.8. The molecule has 0 unspecified atom stereocenters. The highest BCUT2D eigenvalue weighted by Crippen LogP contribution is 2.26. The average molecular weight is 924 g/mol. The molecule has 0 saturated heterocycles. The SMILES string of the molecule is CC(=O)c1cc(C(C)=O)cc(S(=O)(=O)O)c1.CC(=O)c1cc(C(C)=O)cc(S(N)(=O)=O)c1.CC(=O)c1cc(Oc2ccc(S(=O)(=O)O)cc2)cc(C(C)=O)c1.Cc1ccc(C)cc1. The van der Waals surface area contributed by atoms with Crippen molar-refractivity contribution in [1.82, 2.24) is 0 Å². The van der Waals surface area contributed by atoms with Gasteiger partial charge in [0, 0.05) is 33.4 Å². The van der Waals surface area contributed by atoms with Crippen molar-refractivity contribution >= 4 is 65.0 Å². The minimum absolute atomic E-state index is 0.0697. The van der Waals surface area contributed by atoms with E-state index in [1.807, 2.05) is 0 Å². The molecule has 0 bridgehead atoms. The van der Waals surface area contributed by atoms with Gasteiger partial charge >= 0.3 is 0 Å². The van der Waals surface area contributed by atoms with Gasteiger partial charge in [-0.2, -0.15) is 16.8 Å². The van der Waals surface area contributed by atoms with E-state index in [9.17, 15) is 54.0 Å². The maximum atomic E-state index is 11.5. The normalized spacial score (nSPS) is 10.9. The standard InChI is InChI=1S/C16H14O6S.C10H11NO4S.C10H10O5S.C8H10/c1-10(17)12-7-13(11(2)18)9-15(8-12)22-14-3-5-16(6-4-14)23(19,20)21;1-6(12)8-3-9(7(2)13)5-10(4-8)16(11,14)15;1-6(11)8-3-9(7(2)12)5-10(4-8)16(13,14)15;1-7-3-5-8(2)6-4-7/h3-9H,1-2H3,(H,19,20,21);3-5H,1-2H3,(H2,11,14,15);3-5H,1-2H3,(H,13,14,15);3-6H,1-2H3. The van der Waals surface area contributed by atoms with E-state index in [1.165, 1.54) is 107 Å². The Labute approximate surface area is 365 Å². The zero-order valence-corrected chi connectivity index (χ0v) is 37.8. The lowest BCUT2D eigenvalue weighted by atomic mass is 10.0. The second-order valence-electron chi connectivity index (χ2n) is 13.8. The summed E-state index contributed by atoms with van der Waals surface area (Å²) >= 11 is 0. The summed E-state index contributed by atoms with van der Waals surface area (Å²) in [5.74, 6) is -1.25. The van der Waals surface area contributed by atoms with Crippen LogP contribution in [0.2, 0.25) is 0 Å². The van der Waals surface area contributed by atoms with E-state index in [-0.39, 0.29) is 72.5 Å². The monoisotopic (exact) mass is 923 g/mol. The molecule has 0 aliphatic heterocycles. The van der Waals surface area contributed by atoms with Crippen LogP contribution in [0.25, 0.3) is 0 Å². The van der Waals surface area contributed by atoms with E-state index in [1.54, 1.807) is 0 Å². The number of ether oxygens (including phenoxy) is 1. The maximum absolute atomic E-state index is 11.5. The van der Waals surface area contributed by atoms with Crippen LogP contribution in [0.3, 0.4) is 0 Å². The number of primary sulfonamides is 1. The Hall–Kier alpha value is -6.35. The Morgan fingerprint density at radius 3 is 0.921 bits per heavy atom. The van der Waals surface area contributed by atoms with Gasteiger partial charge in [0.2, 0.25) is 10.0 Å². The number of benzene rings is 5. The molecule has 19 heteroatoms. The molecular formula is C44H45NO15S3. The van der Waals surface area contributed by atoms with E-state index in [4.69, 9.17) is 19.0 Å². The van der Waals surface area contributed by atoms with E-state index in [2.05, 4.69) is 38.1 Å². The molecule has 63 heavy (non-hydrogen) atoms. The predicted molar refractivity (Wildman–Crippen MR) is 233 cm³/mol. The third-order valence-corrected chi connectivity index (χ3v) is 11.0. The van der Waals surface area contributed by atoms with Crippen molar-refractivity contribution in [3.63, 3.8) is 0 Å². The van der Waals surface area contributed by atoms with Gasteiger partial charge in [0.1, 0.15) is 11.5 Å². The molecule has 5 aromatic carbocycles. The van der Waals surface area contributed by atoms with Crippen LogP contribution in [0.15, 0.2) is 118 Å². The first-order valence-corrected chi connectivity index (χ1v) is 22.6. The summed E-state index contributed by atoms with van der Waals surface area (Å²) in [5, 5.41) is 4.94. The Morgan fingerprint density at radius 1 is 0.397 bits per heavy atom. The van der Waals surface area contributed by atoms with Crippen LogP contribution in [-0.4, -0.2) is 69.1 Å². The van der Waals surface area contributed by atoms with Crippen molar-refractivity contribution in [2.75, 3.05) is 0 Å². The minimum atomic E-state index is -4.42. The highest BCUT2D eigenvalue weighted by atomic mass is 32.2. The zero-order valence-electron chi connectivity index (χ0n) is 35.3. The number of hydrogen-bond donors (Lipinski definition) is 3. The van der Waals surface area contributed by atoms with Crippen LogP contribution in [0.5, 0.6) is 11.5 Å². The molecule has 0 aromatic heterocycles. The highest BCUT2D eigenvalue weighted by Gasteiger charge is 2.17. The number of carbonyl (C=O) groups excluding carboxylic acids is 6. The van der Waals surface area contributed by atoms with Crippen molar-refractivity contribution < 1.29 is 67.9 Å². The van der Waals surface area contributed by atoms with E-state index in [0.29, 0.717) is 16.9 Å². The van der Waals surface area contributed by atoms with Gasteiger partial charge in [0.25, 0.3) is 20.2 Å². The molecule has 0 atom stereocenters. The average Bonchev–Trinajstić information content (AvgIpc) is 3.18. The van der Waals surface area contributed by atoms with Gasteiger partial charge in [-0.1, -0.05) is 35.4 Å². The Morgan fingerprint density at radius 2 is 0.667 bits per heavy atom. The van der Waals surface area contributed by atoms with Gasteiger partial charge in [-0.3, -0.25) is 37.9 Å². The first-order valence-electron chi connectivity index (χ1n) is 18.2. The topological polar surface area (TPSA) is 281 Å². The van der Waals surface area contributed by atoms with Crippen molar-refractivity contribution in [3.8, 4) is 11.5 Å². The Kier molecular flexibility index (Phi) is 18.5. The lowest BCUT2D eigenvalue weighted by Gasteiger charge is -2.09. The lowest BCUT2D eigenvalue weighted by Crippen LogP contribution is -2.14. The predicted octanol–water partition coefficient (Wildman–Crippen LogP) is 7.51. The molecule has 0 saturated carbocycles. The summed E-state index contributed by atoms with van der Waals surface area (Å²) < 4.78 is 89.4. The fraction of sp³-hybridized carbons (Fsp3) is 0.182. The lowest BCUT2D eigenvalue weighted by molar-refractivity contribution is 0.0997. The summed E-state index contributed by atoms with van der Waals surface area (Å²) in [6.45, 7) is 12.0. The van der Waals surface area contributed by atoms with Gasteiger partial charge in [0.15, 0.2) is 34.7 Å². The Bertz CT molecular complexity index is 2680. The molecule has 0 fully saturated rings. The number of hydrogen-bond acceptors (Lipinski definition) is 13. The van der Waals surface area contributed by atoms with Crippen molar-refractivity contribution in [1.29, 1.82) is 0 Å². The summed E-state index contributed by atoms with van der Waals surface area (Å²) in [5.41, 5.74) is 3.77. The molecule has 0 amide bonds. The second-order valence-corrected chi connectivity index (χ2v) is 18.2. The number of carbonyl (C=O) groups is 6. The largest absolute Gasteiger partial charge is 0.457 e. The molecule has 0 aliphatic carbocycles. The number of ketones is 6. The van der Waals surface area contributed by atoms with Gasteiger partial charge in [-0.25, -0.2) is 13.6 Å². The van der Waals surface area contributed by atoms with E-state index >= 15 is 0 Å². The number of nitrogens with two attached hydrogens (primary N) is 1. The van der Waals surface area contributed by atoms with Crippen LogP contribution >= 0.6 is 0 Å². The third-order valence-electron chi connectivity index (χ3n) is 8.36. The summed E-state index contributed by atoms with van der Waals surface area (Å²) in [6, 6.07) is 25.1. The van der Waals surface area contributed by atoms with E-state index in [0.717, 1.165) is 24.3 Å². The molecule has 4 N–H and O–H groups in total. The number of rotatable bonds is 11. The van der Waals surface area contributed by atoms with Gasteiger partial charge in [-0.05, 0) is 134 Å². The molecule has 5 rings (SSSR count). The molecular weight excluding hydrogens is 879 g/mol. The van der Waals surface area contributed by atoms with Crippen LogP contribution in [0.4, 0.5) is 0 Å². The molecule has 334 valence electrons. The van der Waals surface area contributed by atoms with E-state index < -0.39 is 35.2 Å². The molecule has 5 aromatic rings. The Balaban J connectivity index is 0.000000304. The minimum Gasteiger partial charge on any atom is -0.457 e. The van der Waals surface area contributed by atoms with Gasteiger partial charge < -0.3 is 4.74 Å². The summed E-state index contributed by atoms with van der Waals surface area (Å²) in [6.07, 6.45) is 0. The molecule has 0 aliphatic rings. The van der Waals surface area contributed by atoms with Crippen molar-refractivity contribution in [3.05, 3.63) is 148 Å². The maximum Gasteiger partial charge on any atom is 0.294 e. The molecule has 16 nitrogen and oxygen atoms in total. The van der Waals surface area contributed by atoms with Gasteiger partial charge in [0.05, 0.1) is 14.7 Å². The molecule has 0 heterocycles. The molecule has 0 radical (unpaired) electrons. The second kappa shape index (κ2) is 22.1. The zero-order chi connectivity index (χ0) is 48.2. The van der Waals surface area contributed by atoms with Crippen LogP contribution in [0.1, 0.15) is 115 Å². The fourth-order valence-corrected chi connectivity index (χ4v) is 6.46. The van der Waals surface area contributed by atoms with Crippen molar-refractivity contribution in [2.45, 2.75) is 70.1 Å². The van der Waals surface area contributed by atoms with Crippen molar-refractivity contribution in [2.24, 2.45) is 5.14 Å². The smallest absolute Gasteiger partial charge is 0.294 e. The number of sulfonamides is 1. The quantitative estimate of drug-likeness (QED) is 0.0853. The fourth-order valence-electron chi connectivity index (χ4n) is 4.84. The number of Topliss-reactive ketones (excluding diaryl/α,β-unsaturated/α-hetero) is 6. The van der Waals surface area contributed by atoms with Crippen LogP contribution < -0.4 is 9.88 Å². The molecule has 0 spiro atoms. The summed E-state index contributed by atoms with van der Waals surface area (Å²) in [7, 11) is -12.6.